The summed E-state index contributed by atoms with van der Waals surface area (Å²) >= 11 is 6.32. The average molecular weight is 441 g/mol. The molecular weight excluding hydrogens is 420 g/mol. The third kappa shape index (κ3) is 5.45. The lowest BCUT2D eigenvalue weighted by atomic mass is 10.0. The molecule has 3 aromatic carbocycles. The SMILES string of the molecule is CC(O)CS(=O)(=O)c1ccc(C(=O)/C=C/c2ccc(Cl)c(-c3ccccc3)c2)cc1. The van der Waals surface area contributed by atoms with Crippen molar-refractivity contribution >= 4 is 33.3 Å². The molecule has 3 aromatic rings. The van der Waals surface area contributed by atoms with E-state index >= 15 is 0 Å². The Hall–Kier alpha value is -2.73. The van der Waals surface area contributed by atoms with Crippen LogP contribution in [0.25, 0.3) is 17.2 Å². The van der Waals surface area contributed by atoms with Gasteiger partial charge in [0, 0.05) is 16.1 Å². The van der Waals surface area contributed by atoms with Gasteiger partial charge < -0.3 is 5.11 Å². The molecule has 0 radical (unpaired) electrons. The topological polar surface area (TPSA) is 71.4 Å². The minimum Gasteiger partial charge on any atom is -0.392 e. The highest BCUT2D eigenvalue weighted by Crippen LogP contribution is 2.29. The smallest absolute Gasteiger partial charge is 0.185 e. The van der Waals surface area contributed by atoms with Gasteiger partial charge in [0.2, 0.25) is 0 Å². The number of allylic oxidation sites excluding steroid dienone is 1. The summed E-state index contributed by atoms with van der Waals surface area (Å²) in [4.78, 5) is 12.6. The fourth-order valence-corrected chi connectivity index (χ4v) is 4.60. The van der Waals surface area contributed by atoms with E-state index in [0.717, 1.165) is 16.7 Å². The van der Waals surface area contributed by atoms with E-state index in [1.54, 1.807) is 12.1 Å². The normalized spacial score (nSPS) is 12.8. The summed E-state index contributed by atoms with van der Waals surface area (Å²) in [6.45, 7) is 1.42. The van der Waals surface area contributed by atoms with Crippen molar-refractivity contribution in [1.82, 2.24) is 0 Å². The van der Waals surface area contributed by atoms with Crippen LogP contribution in [-0.2, 0) is 9.84 Å². The maximum absolute atomic E-state index is 12.5. The number of aliphatic hydroxyl groups is 1. The zero-order chi connectivity index (χ0) is 21.7. The minimum absolute atomic E-state index is 0.0779. The molecule has 0 aliphatic heterocycles. The van der Waals surface area contributed by atoms with Crippen molar-refractivity contribution in [2.45, 2.75) is 17.9 Å². The van der Waals surface area contributed by atoms with E-state index in [9.17, 15) is 18.3 Å². The Morgan fingerprint density at radius 1 is 1.03 bits per heavy atom. The second kappa shape index (κ2) is 9.39. The lowest BCUT2D eigenvalue weighted by Crippen LogP contribution is -2.17. The average Bonchev–Trinajstić information content (AvgIpc) is 2.73. The highest BCUT2D eigenvalue weighted by atomic mass is 35.5. The molecule has 0 aliphatic rings. The van der Waals surface area contributed by atoms with Gasteiger partial charge >= 0.3 is 0 Å². The van der Waals surface area contributed by atoms with E-state index in [0.29, 0.717) is 10.6 Å². The number of benzene rings is 3. The zero-order valence-corrected chi connectivity index (χ0v) is 17.9. The van der Waals surface area contributed by atoms with Gasteiger partial charge in [-0.05, 0) is 60.5 Å². The third-order valence-corrected chi connectivity index (χ3v) is 6.70. The molecule has 1 N–H and O–H groups in total. The predicted molar refractivity (Wildman–Crippen MR) is 120 cm³/mol. The summed E-state index contributed by atoms with van der Waals surface area (Å²) in [5, 5.41) is 9.95. The number of halogens is 1. The summed E-state index contributed by atoms with van der Waals surface area (Å²) in [6.07, 6.45) is 2.18. The Kier molecular flexibility index (Phi) is 6.87. The van der Waals surface area contributed by atoms with Gasteiger partial charge in [0.25, 0.3) is 0 Å². The monoisotopic (exact) mass is 440 g/mol. The van der Waals surface area contributed by atoms with Crippen LogP contribution in [0.1, 0.15) is 22.8 Å². The summed E-state index contributed by atoms with van der Waals surface area (Å²) in [5.74, 6) is -0.605. The van der Waals surface area contributed by atoms with Crippen LogP contribution in [0, 0.1) is 0 Å². The number of carbonyl (C=O) groups is 1. The number of ketones is 1. The molecule has 0 fully saturated rings. The first kappa shape index (κ1) is 22.0. The fraction of sp³-hybridized carbons (Fsp3) is 0.125. The number of sulfone groups is 1. The maximum Gasteiger partial charge on any atom is 0.185 e. The third-order valence-electron chi connectivity index (χ3n) is 4.46. The van der Waals surface area contributed by atoms with Gasteiger partial charge in [0.1, 0.15) is 0 Å². The molecular formula is C24H21ClO4S. The summed E-state index contributed by atoms with van der Waals surface area (Å²) in [5.41, 5.74) is 3.06. The van der Waals surface area contributed by atoms with Crippen molar-refractivity contribution in [3.8, 4) is 11.1 Å². The van der Waals surface area contributed by atoms with Crippen LogP contribution in [0.4, 0.5) is 0 Å². The van der Waals surface area contributed by atoms with Crippen LogP contribution in [-0.4, -0.2) is 31.2 Å². The molecule has 1 atom stereocenters. The van der Waals surface area contributed by atoms with Crippen LogP contribution in [0.3, 0.4) is 0 Å². The molecule has 3 rings (SSSR count). The van der Waals surface area contributed by atoms with Crippen molar-refractivity contribution in [3.05, 3.63) is 95.0 Å². The predicted octanol–water partition coefficient (Wildman–Crippen LogP) is 5.06. The number of carbonyl (C=O) groups excluding carboxylic acids is 1. The van der Waals surface area contributed by atoms with Gasteiger partial charge in [-0.15, -0.1) is 0 Å². The van der Waals surface area contributed by atoms with E-state index in [1.807, 2.05) is 42.5 Å². The highest BCUT2D eigenvalue weighted by molar-refractivity contribution is 7.91. The summed E-state index contributed by atoms with van der Waals surface area (Å²) in [6, 6.07) is 21.0. The standard InChI is InChI=1S/C24H21ClO4S/c1-17(26)16-30(28,29)21-11-9-20(10-12-21)24(27)14-8-18-7-13-23(25)22(15-18)19-5-3-2-4-6-19/h2-15,17,26H,16H2,1H3/b14-8+. The Morgan fingerprint density at radius 2 is 1.70 bits per heavy atom. The molecule has 30 heavy (non-hydrogen) atoms. The van der Waals surface area contributed by atoms with Gasteiger partial charge in [-0.1, -0.05) is 54.1 Å². The fourth-order valence-electron chi connectivity index (χ4n) is 2.99. The zero-order valence-electron chi connectivity index (χ0n) is 16.3. The van der Waals surface area contributed by atoms with Gasteiger partial charge in [0.05, 0.1) is 16.8 Å². The van der Waals surface area contributed by atoms with Crippen molar-refractivity contribution in [3.63, 3.8) is 0 Å². The molecule has 0 bridgehead atoms. The lowest BCUT2D eigenvalue weighted by Gasteiger charge is -2.07. The molecule has 0 heterocycles. The van der Waals surface area contributed by atoms with Crippen molar-refractivity contribution in [2.75, 3.05) is 5.75 Å². The van der Waals surface area contributed by atoms with E-state index in [-0.39, 0.29) is 16.4 Å². The Morgan fingerprint density at radius 3 is 2.33 bits per heavy atom. The van der Waals surface area contributed by atoms with E-state index in [2.05, 4.69) is 0 Å². The number of aliphatic hydroxyl groups excluding tert-OH is 1. The molecule has 4 nitrogen and oxygen atoms in total. The highest BCUT2D eigenvalue weighted by Gasteiger charge is 2.17. The quantitative estimate of drug-likeness (QED) is 0.412. The molecule has 0 spiro atoms. The van der Waals surface area contributed by atoms with Crippen LogP contribution in [0.5, 0.6) is 0 Å². The van der Waals surface area contributed by atoms with Gasteiger partial charge in [0.15, 0.2) is 15.6 Å². The van der Waals surface area contributed by atoms with Crippen molar-refractivity contribution in [1.29, 1.82) is 0 Å². The van der Waals surface area contributed by atoms with E-state index in [4.69, 9.17) is 11.6 Å². The Labute approximate surface area is 181 Å². The van der Waals surface area contributed by atoms with Crippen LogP contribution >= 0.6 is 11.6 Å². The number of hydrogen-bond donors (Lipinski definition) is 1. The van der Waals surface area contributed by atoms with Crippen LogP contribution in [0.2, 0.25) is 5.02 Å². The Balaban J connectivity index is 1.78. The Bertz CT molecular complexity index is 1170. The van der Waals surface area contributed by atoms with Crippen molar-refractivity contribution in [2.24, 2.45) is 0 Å². The molecule has 0 saturated carbocycles. The largest absolute Gasteiger partial charge is 0.392 e. The molecule has 0 aliphatic carbocycles. The minimum atomic E-state index is -3.58. The molecule has 6 heteroatoms. The first-order chi connectivity index (χ1) is 14.3. The molecule has 154 valence electrons. The van der Waals surface area contributed by atoms with Crippen LogP contribution < -0.4 is 0 Å². The first-order valence-corrected chi connectivity index (χ1v) is 11.4. The number of rotatable bonds is 7. The summed E-state index contributed by atoms with van der Waals surface area (Å²) in [7, 11) is -3.58. The number of hydrogen-bond acceptors (Lipinski definition) is 4. The lowest BCUT2D eigenvalue weighted by molar-refractivity contribution is 0.104. The van der Waals surface area contributed by atoms with E-state index < -0.39 is 15.9 Å². The maximum atomic E-state index is 12.5. The van der Waals surface area contributed by atoms with Gasteiger partial charge in [-0.3, -0.25) is 4.79 Å². The first-order valence-electron chi connectivity index (χ1n) is 9.34. The van der Waals surface area contributed by atoms with Gasteiger partial charge in [-0.25, -0.2) is 8.42 Å². The van der Waals surface area contributed by atoms with Crippen molar-refractivity contribution < 1.29 is 18.3 Å². The second-order valence-electron chi connectivity index (χ2n) is 6.96. The van der Waals surface area contributed by atoms with Crippen LogP contribution in [0.15, 0.2) is 83.8 Å². The summed E-state index contributed by atoms with van der Waals surface area (Å²) < 4.78 is 24.3. The molecule has 0 amide bonds. The van der Waals surface area contributed by atoms with Gasteiger partial charge in [-0.2, -0.15) is 0 Å². The molecule has 0 aromatic heterocycles. The molecule has 1 unspecified atom stereocenters. The second-order valence-corrected chi connectivity index (χ2v) is 9.40. The molecule has 0 saturated heterocycles. The van der Waals surface area contributed by atoms with E-state index in [1.165, 1.54) is 37.3 Å².